The van der Waals surface area contributed by atoms with Gasteiger partial charge in [-0.25, -0.2) is 12.8 Å². The lowest BCUT2D eigenvalue weighted by atomic mass is 10.2. The van der Waals surface area contributed by atoms with Crippen molar-refractivity contribution in [2.45, 2.75) is 4.90 Å². The van der Waals surface area contributed by atoms with E-state index in [0.717, 1.165) is 18.2 Å². The van der Waals surface area contributed by atoms with Crippen molar-refractivity contribution in [3.8, 4) is 0 Å². The third-order valence-electron chi connectivity index (χ3n) is 2.43. The fourth-order valence-electron chi connectivity index (χ4n) is 1.36. The van der Waals surface area contributed by atoms with E-state index in [4.69, 9.17) is 15.4 Å². The SMILES string of the molecule is COCCN(C)C(=O)c1cc(S(=O)(=O)Cl)ccc1F. The molecule has 106 valence electrons. The van der Waals surface area contributed by atoms with Crippen LogP contribution in [0, 0.1) is 5.82 Å². The summed E-state index contributed by atoms with van der Waals surface area (Å²) in [6, 6.07) is 2.82. The van der Waals surface area contributed by atoms with Crippen LogP contribution in [-0.4, -0.2) is 46.5 Å². The van der Waals surface area contributed by atoms with Crippen LogP contribution < -0.4 is 0 Å². The average Bonchev–Trinajstić information content (AvgIpc) is 2.34. The molecule has 1 rings (SSSR count). The Balaban J connectivity index is 3.09. The molecular formula is C11H13ClFNO4S. The summed E-state index contributed by atoms with van der Waals surface area (Å²) in [4.78, 5) is 12.9. The van der Waals surface area contributed by atoms with Crippen LogP contribution >= 0.6 is 10.7 Å². The van der Waals surface area contributed by atoms with Crippen LogP contribution in [-0.2, 0) is 13.8 Å². The number of carbonyl (C=O) groups is 1. The summed E-state index contributed by atoms with van der Waals surface area (Å²) in [6.07, 6.45) is 0. The molecule has 1 aromatic rings. The van der Waals surface area contributed by atoms with Crippen molar-refractivity contribution in [2.75, 3.05) is 27.3 Å². The molecule has 0 aliphatic rings. The summed E-state index contributed by atoms with van der Waals surface area (Å²) in [5.41, 5.74) is -0.347. The summed E-state index contributed by atoms with van der Waals surface area (Å²) in [5, 5.41) is 0. The monoisotopic (exact) mass is 309 g/mol. The van der Waals surface area contributed by atoms with E-state index >= 15 is 0 Å². The summed E-state index contributed by atoms with van der Waals surface area (Å²) < 4.78 is 40.7. The van der Waals surface area contributed by atoms with Crippen molar-refractivity contribution in [3.63, 3.8) is 0 Å². The first-order valence-electron chi connectivity index (χ1n) is 5.26. The molecule has 0 bridgehead atoms. The number of methoxy groups -OCH3 is 1. The third kappa shape index (κ3) is 4.15. The number of nitrogens with zero attached hydrogens (tertiary/aromatic N) is 1. The smallest absolute Gasteiger partial charge is 0.261 e. The second-order valence-electron chi connectivity index (χ2n) is 3.80. The van der Waals surface area contributed by atoms with Gasteiger partial charge in [-0.3, -0.25) is 4.79 Å². The number of amides is 1. The van der Waals surface area contributed by atoms with Crippen LogP contribution in [0.1, 0.15) is 10.4 Å². The Labute approximate surface area is 115 Å². The standard InChI is InChI=1S/C11H13ClFNO4S/c1-14(5-6-18-2)11(15)9-7-8(19(12,16)17)3-4-10(9)13/h3-4,7H,5-6H2,1-2H3. The minimum atomic E-state index is -4.01. The molecule has 0 saturated heterocycles. The van der Waals surface area contributed by atoms with Crippen molar-refractivity contribution in [3.05, 3.63) is 29.6 Å². The first-order valence-corrected chi connectivity index (χ1v) is 7.57. The molecule has 0 radical (unpaired) electrons. The van der Waals surface area contributed by atoms with E-state index in [9.17, 15) is 17.6 Å². The van der Waals surface area contributed by atoms with E-state index in [0.29, 0.717) is 0 Å². The quantitative estimate of drug-likeness (QED) is 0.773. The third-order valence-corrected chi connectivity index (χ3v) is 3.78. The molecule has 0 fully saturated rings. The number of ether oxygens (including phenoxy) is 1. The molecule has 0 saturated carbocycles. The molecule has 0 heterocycles. The molecule has 19 heavy (non-hydrogen) atoms. The highest BCUT2D eigenvalue weighted by Crippen LogP contribution is 2.19. The molecule has 0 aliphatic carbocycles. The zero-order valence-electron chi connectivity index (χ0n) is 10.4. The normalized spacial score (nSPS) is 11.4. The average molecular weight is 310 g/mol. The summed E-state index contributed by atoms with van der Waals surface area (Å²) >= 11 is 0. The minimum absolute atomic E-state index is 0.257. The second-order valence-corrected chi connectivity index (χ2v) is 6.36. The van der Waals surface area contributed by atoms with Crippen LogP contribution in [0.15, 0.2) is 23.1 Å². The zero-order valence-corrected chi connectivity index (χ0v) is 12.0. The van der Waals surface area contributed by atoms with E-state index in [-0.39, 0.29) is 23.6 Å². The van der Waals surface area contributed by atoms with Crippen LogP contribution in [0.2, 0.25) is 0 Å². The Morgan fingerprint density at radius 2 is 2.11 bits per heavy atom. The lowest BCUT2D eigenvalue weighted by Gasteiger charge is -2.17. The zero-order chi connectivity index (χ0) is 14.6. The van der Waals surface area contributed by atoms with E-state index in [1.807, 2.05) is 0 Å². The molecule has 0 atom stereocenters. The van der Waals surface area contributed by atoms with Gasteiger partial charge in [-0.2, -0.15) is 0 Å². The lowest BCUT2D eigenvalue weighted by Crippen LogP contribution is -2.30. The van der Waals surface area contributed by atoms with Crippen molar-refractivity contribution in [1.29, 1.82) is 0 Å². The number of hydrogen-bond acceptors (Lipinski definition) is 4. The van der Waals surface area contributed by atoms with Gasteiger partial charge in [0.25, 0.3) is 15.0 Å². The molecule has 0 N–H and O–H groups in total. The van der Waals surface area contributed by atoms with Crippen LogP contribution in [0.25, 0.3) is 0 Å². The van der Waals surface area contributed by atoms with Gasteiger partial charge >= 0.3 is 0 Å². The van der Waals surface area contributed by atoms with Gasteiger partial charge in [0, 0.05) is 31.4 Å². The van der Waals surface area contributed by atoms with Gasteiger partial charge in [0.05, 0.1) is 17.1 Å². The fourth-order valence-corrected chi connectivity index (χ4v) is 2.13. The van der Waals surface area contributed by atoms with Gasteiger partial charge in [-0.1, -0.05) is 0 Å². The highest BCUT2D eigenvalue weighted by atomic mass is 35.7. The fraction of sp³-hybridized carbons (Fsp3) is 0.364. The highest BCUT2D eigenvalue weighted by Gasteiger charge is 2.20. The predicted molar refractivity (Wildman–Crippen MR) is 68.3 cm³/mol. The van der Waals surface area contributed by atoms with E-state index in [1.54, 1.807) is 0 Å². The maximum absolute atomic E-state index is 13.6. The maximum Gasteiger partial charge on any atom is 0.261 e. The van der Waals surface area contributed by atoms with Crippen molar-refractivity contribution in [1.82, 2.24) is 4.90 Å². The minimum Gasteiger partial charge on any atom is -0.383 e. The molecule has 5 nitrogen and oxygen atoms in total. The Morgan fingerprint density at radius 3 is 2.63 bits per heavy atom. The molecule has 0 spiro atoms. The first-order chi connectivity index (χ1) is 8.77. The van der Waals surface area contributed by atoms with Crippen LogP contribution in [0.3, 0.4) is 0 Å². The van der Waals surface area contributed by atoms with Gasteiger partial charge in [0.15, 0.2) is 0 Å². The number of benzene rings is 1. The summed E-state index contributed by atoms with van der Waals surface area (Å²) in [6.45, 7) is 0.546. The Kier molecular flexibility index (Phi) is 5.28. The Hall–Kier alpha value is -1.18. The van der Waals surface area contributed by atoms with E-state index in [1.165, 1.54) is 19.1 Å². The predicted octanol–water partition coefficient (Wildman–Crippen LogP) is 1.47. The number of likely N-dealkylation sites (N-methyl/N-ethyl adjacent to an activating group) is 1. The number of carbonyl (C=O) groups excluding carboxylic acids is 1. The molecule has 0 aromatic heterocycles. The van der Waals surface area contributed by atoms with Crippen molar-refractivity contribution >= 4 is 25.6 Å². The summed E-state index contributed by atoms with van der Waals surface area (Å²) in [5.74, 6) is -1.45. The van der Waals surface area contributed by atoms with E-state index in [2.05, 4.69) is 0 Å². The maximum atomic E-state index is 13.6. The first kappa shape index (κ1) is 15.9. The molecule has 1 aromatic carbocycles. The topological polar surface area (TPSA) is 63.7 Å². The van der Waals surface area contributed by atoms with Gasteiger partial charge in [0.2, 0.25) is 0 Å². The molecule has 0 unspecified atom stereocenters. The molecule has 0 aliphatic heterocycles. The highest BCUT2D eigenvalue weighted by molar-refractivity contribution is 8.13. The van der Waals surface area contributed by atoms with Crippen LogP contribution in [0.5, 0.6) is 0 Å². The lowest BCUT2D eigenvalue weighted by molar-refractivity contribution is 0.0739. The van der Waals surface area contributed by atoms with Crippen molar-refractivity contribution < 1.29 is 22.3 Å². The number of hydrogen-bond donors (Lipinski definition) is 0. The van der Waals surface area contributed by atoms with Gasteiger partial charge in [-0.05, 0) is 18.2 Å². The summed E-state index contributed by atoms with van der Waals surface area (Å²) in [7, 11) is 4.08. The largest absolute Gasteiger partial charge is 0.383 e. The second kappa shape index (κ2) is 6.31. The number of rotatable bonds is 5. The Morgan fingerprint density at radius 1 is 1.47 bits per heavy atom. The van der Waals surface area contributed by atoms with Crippen molar-refractivity contribution in [2.24, 2.45) is 0 Å². The van der Waals surface area contributed by atoms with Gasteiger partial charge < -0.3 is 9.64 Å². The van der Waals surface area contributed by atoms with Gasteiger partial charge in [-0.15, -0.1) is 0 Å². The molecule has 1 amide bonds. The number of halogens is 2. The van der Waals surface area contributed by atoms with Gasteiger partial charge in [0.1, 0.15) is 5.82 Å². The van der Waals surface area contributed by atoms with Crippen LogP contribution in [0.4, 0.5) is 4.39 Å². The molecule has 8 heteroatoms. The molecular weight excluding hydrogens is 297 g/mol. The Bertz CT molecular complexity index is 576. The van der Waals surface area contributed by atoms with E-state index < -0.39 is 20.8 Å².